The van der Waals surface area contributed by atoms with Crippen molar-refractivity contribution in [3.05, 3.63) is 65.2 Å². The topological polar surface area (TPSA) is 30.0 Å². The SMILES string of the molecule is O=C(Cc1nc2ccccc2s1)C1CC1c1ccccc1. The zero-order valence-corrected chi connectivity index (χ0v) is 12.3. The van der Waals surface area contributed by atoms with Crippen LogP contribution in [0.4, 0.5) is 0 Å². The molecule has 4 rings (SSSR count). The van der Waals surface area contributed by atoms with Crippen LogP contribution in [0.25, 0.3) is 10.2 Å². The van der Waals surface area contributed by atoms with Crippen LogP contribution in [0.15, 0.2) is 54.6 Å². The molecule has 0 radical (unpaired) electrons. The Morgan fingerprint density at radius 1 is 1.10 bits per heavy atom. The lowest BCUT2D eigenvalue weighted by Crippen LogP contribution is -2.06. The van der Waals surface area contributed by atoms with E-state index in [0.29, 0.717) is 18.1 Å². The summed E-state index contributed by atoms with van der Waals surface area (Å²) in [6.45, 7) is 0. The molecule has 1 aromatic heterocycles. The standard InChI is InChI=1S/C18H15NOS/c20-16(14-10-13(14)12-6-2-1-3-7-12)11-18-19-15-8-4-5-9-17(15)21-18/h1-9,13-14H,10-11H2. The maximum Gasteiger partial charge on any atom is 0.143 e. The zero-order valence-electron chi connectivity index (χ0n) is 11.5. The van der Waals surface area contributed by atoms with Gasteiger partial charge in [-0.3, -0.25) is 4.79 Å². The molecule has 0 bridgehead atoms. The lowest BCUT2D eigenvalue weighted by molar-refractivity contribution is -0.119. The third-order valence-corrected chi connectivity index (χ3v) is 5.13. The van der Waals surface area contributed by atoms with Gasteiger partial charge in [-0.25, -0.2) is 4.98 Å². The van der Waals surface area contributed by atoms with E-state index in [0.717, 1.165) is 21.6 Å². The normalized spacial score (nSPS) is 20.6. The Hall–Kier alpha value is -2.00. The monoisotopic (exact) mass is 293 g/mol. The van der Waals surface area contributed by atoms with E-state index in [1.807, 2.05) is 36.4 Å². The maximum absolute atomic E-state index is 12.4. The van der Waals surface area contributed by atoms with E-state index >= 15 is 0 Å². The zero-order chi connectivity index (χ0) is 14.2. The molecule has 0 saturated heterocycles. The second-order valence-electron chi connectivity index (χ2n) is 5.58. The molecule has 0 N–H and O–H groups in total. The Bertz CT molecular complexity index is 760. The van der Waals surface area contributed by atoms with Gasteiger partial charge in [0.2, 0.25) is 0 Å². The molecule has 21 heavy (non-hydrogen) atoms. The van der Waals surface area contributed by atoms with Crippen LogP contribution in [-0.2, 0) is 11.2 Å². The van der Waals surface area contributed by atoms with E-state index in [1.165, 1.54) is 5.56 Å². The highest BCUT2D eigenvalue weighted by Gasteiger charge is 2.43. The predicted octanol–water partition coefficient (Wildman–Crippen LogP) is 4.21. The lowest BCUT2D eigenvalue weighted by atomic mass is 10.1. The molecule has 2 nitrogen and oxygen atoms in total. The minimum atomic E-state index is 0.194. The third-order valence-electron chi connectivity index (χ3n) is 4.10. The first kappa shape index (κ1) is 12.7. The number of hydrogen-bond donors (Lipinski definition) is 0. The van der Waals surface area contributed by atoms with Crippen molar-refractivity contribution < 1.29 is 4.79 Å². The van der Waals surface area contributed by atoms with Crippen molar-refractivity contribution in [3.8, 4) is 0 Å². The highest BCUT2D eigenvalue weighted by Crippen LogP contribution is 2.48. The van der Waals surface area contributed by atoms with Gasteiger partial charge in [-0.2, -0.15) is 0 Å². The average molecular weight is 293 g/mol. The Kier molecular flexibility index (Phi) is 3.08. The molecule has 3 aromatic rings. The number of rotatable bonds is 4. The van der Waals surface area contributed by atoms with Crippen LogP contribution in [0.5, 0.6) is 0 Å². The summed E-state index contributed by atoms with van der Waals surface area (Å²) in [7, 11) is 0. The van der Waals surface area contributed by atoms with Gasteiger partial charge in [-0.1, -0.05) is 42.5 Å². The van der Waals surface area contributed by atoms with Gasteiger partial charge >= 0.3 is 0 Å². The van der Waals surface area contributed by atoms with Crippen molar-refractivity contribution in [2.24, 2.45) is 5.92 Å². The van der Waals surface area contributed by atoms with Crippen molar-refractivity contribution in [2.45, 2.75) is 18.8 Å². The van der Waals surface area contributed by atoms with E-state index in [1.54, 1.807) is 11.3 Å². The number of fused-ring (bicyclic) bond motifs is 1. The number of carbonyl (C=O) groups is 1. The second kappa shape index (κ2) is 5.08. The molecule has 104 valence electrons. The number of hydrogen-bond acceptors (Lipinski definition) is 3. The molecular weight excluding hydrogens is 278 g/mol. The minimum Gasteiger partial charge on any atom is -0.299 e. The Morgan fingerprint density at radius 3 is 2.67 bits per heavy atom. The summed E-state index contributed by atoms with van der Waals surface area (Å²) in [5, 5.41) is 0.944. The number of nitrogens with zero attached hydrogens (tertiary/aromatic N) is 1. The number of ketones is 1. The molecular formula is C18H15NOS. The summed E-state index contributed by atoms with van der Waals surface area (Å²) >= 11 is 1.64. The Morgan fingerprint density at radius 2 is 1.86 bits per heavy atom. The van der Waals surface area contributed by atoms with Gasteiger partial charge in [0, 0.05) is 5.92 Å². The van der Waals surface area contributed by atoms with E-state index in [4.69, 9.17) is 0 Å². The molecule has 1 aliphatic rings. The fourth-order valence-corrected chi connectivity index (χ4v) is 3.87. The van der Waals surface area contributed by atoms with Crippen molar-refractivity contribution in [3.63, 3.8) is 0 Å². The quantitative estimate of drug-likeness (QED) is 0.721. The largest absolute Gasteiger partial charge is 0.299 e. The molecule has 2 aromatic carbocycles. The molecule has 0 aliphatic heterocycles. The number of thiazole rings is 1. The van der Waals surface area contributed by atoms with Crippen LogP contribution >= 0.6 is 11.3 Å². The van der Waals surface area contributed by atoms with Crippen molar-refractivity contribution in [1.29, 1.82) is 0 Å². The number of Topliss-reactive ketones (excluding diaryl/α,β-unsaturated/α-hetero) is 1. The highest BCUT2D eigenvalue weighted by atomic mass is 32.1. The number of benzene rings is 2. The van der Waals surface area contributed by atoms with E-state index in [2.05, 4.69) is 23.2 Å². The van der Waals surface area contributed by atoms with Crippen molar-refractivity contribution in [2.75, 3.05) is 0 Å². The first-order valence-corrected chi connectivity index (χ1v) is 8.05. The van der Waals surface area contributed by atoms with Crippen molar-refractivity contribution in [1.82, 2.24) is 4.98 Å². The fraction of sp³-hybridized carbons (Fsp3) is 0.222. The van der Waals surface area contributed by atoms with Gasteiger partial charge in [-0.05, 0) is 30.0 Å². The molecule has 1 saturated carbocycles. The first-order valence-electron chi connectivity index (χ1n) is 7.23. The summed E-state index contributed by atoms with van der Waals surface area (Å²) in [5.74, 6) is 0.954. The molecule has 1 heterocycles. The highest BCUT2D eigenvalue weighted by molar-refractivity contribution is 7.18. The molecule has 0 amide bonds. The summed E-state index contributed by atoms with van der Waals surface area (Å²) in [6.07, 6.45) is 1.47. The molecule has 1 aliphatic carbocycles. The molecule has 3 heteroatoms. The lowest BCUT2D eigenvalue weighted by Gasteiger charge is -1.99. The summed E-state index contributed by atoms with van der Waals surface area (Å²) in [4.78, 5) is 17.0. The predicted molar refractivity (Wildman–Crippen MR) is 85.6 cm³/mol. The van der Waals surface area contributed by atoms with Gasteiger partial charge in [0.15, 0.2) is 0 Å². The molecule has 0 spiro atoms. The summed E-state index contributed by atoms with van der Waals surface area (Å²) < 4.78 is 1.16. The van der Waals surface area contributed by atoms with Gasteiger partial charge < -0.3 is 0 Å². The third kappa shape index (κ3) is 2.49. The van der Waals surface area contributed by atoms with Crippen LogP contribution in [0.2, 0.25) is 0 Å². The fourth-order valence-electron chi connectivity index (χ4n) is 2.90. The van der Waals surface area contributed by atoms with Gasteiger partial charge in [0.1, 0.15) is 10.8 Å². The Labute approximate surface area is 127 Å². The maximum atomic E-state index is 12.4. The van der Waals surface area contributed by atoms with E-state index in [-0.39, 0.29) is 5.92 Å². The van der Waals surface area contributed by atoms with Crippen LogP contribution in [0, 0.1) is 5.92 Å². The first-order chi connectivity index (χ1) is 10.3. The molecule has 2 unspecified atom stereocenters. The number of carbonyl (C=O) groups excluding carboxylic acids is 1. The van der Waals surface area contributed by atoms with Crippen LogP contribution in [0.1, 0.15) is 22.9 Å². The second-order valence-corrected chi connectivity index (χ2v) is 6.69. The van der Waals surface area contributed by atoms with Gasteiger partial charge in [0.25, 0.3) is 0 Å². The van der Waals surface area contributed by atoms with E-state index < -0.39 is 0 Å². The number of aromatic nitrogens is 1. The van der Waals surface area contributed by atoms with Crippen molar-refractivity contribution >= 4 is 27.3 Å². The molecule has 2 atom stereocenters. The Balaban J connectivity index is 1.47. The minimum absolute atomic E-state index is 0.194. The number of para-hydroxylation sites is 1. The molecule has 1 fully saturated rings. The summed E-state index contributed by atoms with van der Waals surface area (Å²) in [5.41, 5.74) is 2.29. The van der Waals surface area contributed by atoms with Gasteiger partial charge in [0.05, 0.1) is 16.6 Å². The van der Waals surface area contributed by atoms with Crippen LogP contribution in [0.3, 0.4) is 0 Å². The van der Waals surface area contributed by atoms with Crippen LogP contribution < -0.4 is 0 Å². The van der Waals surface area contributed by atoms with Gasteiger partial charge in [-0.15, -0.1) is 11.3 Å². The smallest absolute Gasteiger partial charge is 0.143 e. The van der Waals surface area contributed by atoms with E-state index in [9.17, 15) is 4.79 Å². The summed E-state index contributed by atoms with van der Waals surface area (Å²) in [6, 6.07) is 18.4. The van der Waals surface area contributed by atoms with Crippen LogP contribution in [-0.4, -0.2) is 10.8 Å². The average Bonchev–Trinajstić information content (AvgIpc) is 3.22.